The van der Waals surface area contributed by atoms with Crippen LogP contribution in [0.5, 0.6) is 0 Å². The Kier molecular flexibility index (Phi) is 3.64. The third-order valence-electron chi connectivity index (χ3n) is 4.64. The first-order valence-corrected chi connectivity index (χ1v) is 8.66. The summed E-state index contributed by atoms with van der Waals surface area (Å²) >= 11 is 0. The van der Waals surface area contributed by atoms with E-state index in [9.17, 15) is 0 Å². The van der Waals surface area contributed by atoms with Crippen LogP contribution in [0.15, 0.2) is 48.8 Å². The van der Waals surface area contributed by atoms with Gasteiger partial charge in [0, 0.05) is 36.6 Å². The molecular weight excluding hydrogens is 328 g/mol. The van der Waals surface area contributed by atoms with Gasteiger partial charge in [-0.2, -0.15) is 5.10 Å². The van der Waals surface area contributed by atoms with Gasteiger partial charge in [0.1, 0.15) is 11.3 Å². The average molecular weight is 346 g/mol. The number of aromatic nitrogens is 4. The van der Waals surface area contributed by atoms with E-state index in [2.05, 4.69) is 48.6 Å². The summed E-state index contributed by atoms with van der Waals surface area (Å²) in [5, 5.41) is 13.0. The first-order chi connectivity index (χ1) is 12.9. The zero-order valence-electron chi connectivity index (χ0n) is 14.1. The van der Waals surface area contributed by atoms with Crippen molar-refractivity contribution in [2.75, 3.05) is 36.5 Å². The van der Waals surface area contributed by atoms with Crippen molar-refractivity contribution in [3.63, 3.8) is 0 Å². The smallest absolute Gasteiger partial charge is 0.178 e. The van der Waals surface area contributed by atoms with Crippen LogP contribution in [0, 0.1) is 0 Å². The number of rotatable bonds is 3. The van der Waals surface area contributed by atoms with Crippen LogP contribution >= 0.6 is 0 Å². The Hall–Kier alpha value is -3.19. The molecule has 0 bridgehead atoms. The van der Waals surface area contributed by atoms with Crippen LogP contribution in [0.2, 0.25) is 0 Å². The molecule has 1 aromatic carbocycles. The lowest BCUT2D eigenvalue weighted by Gasteiger charge is -2.28. The summed E-state index contributed by atoms with van der Waals surface area (Å²) < 4.78 is 5.45. The average Bonchev–Trinajstić information content (AvgIpc) is 3.11. The van der Waals surface area contributed by atoms with E-state index in [-0.39, 0.29) is 0 Å². The number of ether oxygens (including phenoxy) is 1. The van der Waals surface area contributed by atoms with Gasteiger partial charge in [-0.25, -0.2) is 4.98 Å². The predicted molar refractivity (Wildman–Crippen MR) is 102 cm³/mol. The Labute approximate surface area is 150 Å². The number of nitrogens with zero attached hydrogens (tertiary/aromatic N) is 4. The van der Waals surface area contributed by atoms with Gasteiger partial charge in [0.25, 0.3) is 0 Å². The highest BCUT2D eigenvalue weighted by Crippen LogP contribution is 2.29. The maximum Gasteiger partial charge on any atom is 0.178 e. The molecule has 7 heteroatoms. The van der Waals surface area contributed by atoms with Crippen molar-refractivity contribution in [1.29, 1.82) is 0 Å². The van der Waals surface area contributed by atoms with Gasteiger partial charge < -0.3 is 15.0 Å². The summed E-state index contributed by atoms with van der Waals surface area (Å²) in [7, 11) is 0. The van der Waals surface area contributed by atoms with Crippen molar-refractivity contribution < 1.29 is 4.74 Å². The summed E-state index contributed by atoms with van der Waals surface area (Å²) in [5.41, 5.74) is 2.71. The minimum Gasteiger partial charge on any atom is -0.378 e. The second kappa shape index (κ2) is 6.27. The molecule has 0 unspecified atom stereocenters. The third kappa shape index (κ3) is 2.62. The quantitative estimate of drug-likeness (QED) is 0.593. The van der Waals surface area contributed by atoms with Crippen molar-refractivity contribution in [3.8, 4) is 0 Å². The predicted octanol–water partition coefficient (Wildman–Crippen LogP) is 3.09. The van der Waals surface area contributed by atoms with Gasteiger partial charge in [-0.1, -0.05) is 0 Å². The molecule has 5 rings (SSSR count). The fraction of sp³-hybridized carbons (Fsp3) is 0.211. The van der Waals surface area contributed by atoms with Crippen LogP contribution in [0.25, 0.3) is 21.8 Å². The standard InChI is InChI=1S/C19H18N6O/c1-2-16-17(20-6-1)18(24-23-16)22-14-3-4-15-13(12-14)5-7-21-19(15)25-8-10-26-11-9-25/h1-7,12H,8-11H2,(H2,22,23,24). The van der Waals surface area contributed by atoms with E-state index in [1.165, 1.54) is 0 Å². The van der Waals surface area contributed by atoms with E-state index in [0.717, 1.165) is 65.4 Å². The number of hydrogen-bond acceptors (Lipinski definition) is 6. The summed E-state index contributed by atoms with van der Waals surface area (Å²) in [6.45, 7) is 3.24. The fourth-order valence-corrected chi connectivity index (χ4v) is 3.34. The molecule has 3 aromatic heterocycles. The van der Waals surface area contributed by atoms with E-state index in [1.54, 1.807) is 6.20 Å². The molecular formula is C19H18N6O. The number of anilines is 3. The Morgan fingerprint density at radius 3 is 2.88 bits per heavy atom. The van der Waals surface area contributed by atoms with Gasteiger partial charge in [-0.15, -0.1) is 0 Å². The number of hydrogen-bond donors (Lipinski definition) is 2. The molecule has 0 radical (unpaired) electrons. The molecule has 1 saturated heterocycles. The molecule has 7 nitrogen and oxygen atoms in total. The van der Waals surface area contributed by atoms with Crippen LogP contribution in [-0.4, -0.2) is 46.5 Å². The molecule has 2 N–H and O–H groups in total. The first kappa shape index (κ1) is 15.1. The van der Waals surface area contributed by atoms with Gasteiger partial charge >= 0.3 is 0 Å². The van der Waals surface area contributed by atoms with Gasteiger partial charge in [0.2, 0.25) is 0 Å². The Morgan fingerprint density at radius 2 is 1.96 bits per heavy atom. The molecule has 0 saturated carbocycles. The SMILES string of the molecule is c1cnc2c(Nc3ccc4c(N5CCOCC5)nccc4c3)n[nH]c2c1. The third-order valence-corrected chi connectivity index (χ3v) is 4.64. The molecule has 1 aliphatic heterocycles. The fourth-order valence-electron chi connectivity index (χ4n) is 3.34. The van der Waals surface area contributed by atoms with E-state index in [1.807, 2.05) is 24.4 Å². The minimum atomic E-state index is 0.724. The molecule has 130 valence electrons. The molecule has 1 aliphatic rings. The Bertz CT molecular complexity index is 1070. The molecule has 4 heterocycles. The highest BCUT2D eigenvalue weighted by molar-refractivity contribution is 5.95. The lowest BCUT2D eigenvalue weighted by Crippen LogP contribution is -2.36. The second-order valence-corrected chi connectivity index (χ2v) is 6.27. The monoisotopic (exact) mass is 346 g/mol. The van der Waals surface area contributed by atoms with E-state index in [0.29, 0.717) is 0 Å². The Morgan fingerprint density at radius 1 is 1.04 bits per heavy atom. The number of morpholine rings is 1. The first-order valence-electron chi connectivity index (χ1n) is 8.66. The van der Waals surface area contributed by atoms with Gasteiger partial charge in [0.15, 0.2) is 5.82 Å². The zero-order valence-corrected chi connectivity index (χ0v) is 14.1. The van der Waals surface area contributed by atoms with Crippen LogP contribution in [0.3, 0.4) is 0 Å². The normalized spacial score (nSPS) is 14.8. The molecule has 0 spiro atoms. The summed E-state index contributed by atoms with van der Waals surface area (Å²) in [6, 6.07) is 12.2. The highest BCUT2D eigenvalue weighted by Gasteiger charge is 2.15. The largest absolute Gasteiger partial charge is 0.378 e. The molecule has 0 atom stereocenters. The van der Waals surface area contributed by atoms with Crippen molar-refractivity contribution in [2.24, 2.45) is 0 Å². The molecule has 26 heavy (non-hydrogen) atoms. The van der Waals surface area contributed by atoms with Crippen LogP contribution in [-0.2, 0) is 4.74 Å². The maximum absolute atomic E-state index is 5.45. The number of aromatic amines is 1. The van der Waals surface area contributed by atoms with Gasteiger partial charge in [0.05, 0.1) is 18.7 Å². The van der Waals surface area contributed by atoms with Crippen molar-refractivity contribution in [1.82, 2.24) is 20.2 Å². The Balaban J connectivity index is 1.50. The maximum atomic E-state index is 5.45. The number of benzene rings is 1. The van der Waals surface area contributed by atoms with Gasteiger partial charge in [-0.3, -0.25) is 10.1 Å². The van der Waals surface area contributed by atoms with E-state index >= 15 is 0 Å². The summed E-state index contributed by atoms with van der Waals surface area (Å²) in [6.07, 6.45) is 3.63. The van der Waals surface area contributed by atoms with Crippen molar-refractivity contribution >= 4 is 39.1 Å². The summed E-state index contributed by atoms with van der Waals surface area (Å²) in [4.78, 5) is 11.3. The highest BCUT2D eigenvalue weighted by atomic mass is 16.5. The molecule has 1 fully saturated rings. The van der Waals surface area contributed by atoms with Crippen molar-refractivity contribution in [3.05, 3.63) is 48.8 Å². The van der Waals surface area contributed by atoms with Crippen LogP contribution in [0.1, 0.15) is 0 Å². The number of H-pyrrole nitrogens is 1. The topological polar surface area (TPSA) is 79.0 Å². The van der Waals surface area contributed by atoms with E-state index < -0.39 is 0 Å². The number of fused-ring (bicyclic) bond motifs is 2. The van der Waals surface area contributed by atoms with E-state index in [4.69, 9.17) is 4.74 Å². The minimum absolute atomic E-state index is 0.724. The van der Waals surface area contributed by atoms with Crippen LogP contribution in [0.4, 0.5) is 17.3 Å². The van der Waals surface area contributed by atoms with Crippen molar-refractivity contribution in [2.45, 2.75) is 0 Å². The molecule has 0 amide bonds. The lowest BCUT2D eigenvalue weighted by molar-refractivity contribution is 0.122. The van der Waals surface area contributed by atoms with Crippen LogP contribution < -0.4 is 10.2 Å². The molecule has 4 aromatic rings. The number of pyridine rings is 2. The zero-order chi connectivity index (χ0) is 17.3. The molecule has 0 aliphatic carbocycles. The number of nitrogens with one attached hydrogen (secondary N) is 2. The summed E-state index contributed by atoms with van der Waals surface area (Å²) in [5.74, 6) is 1.74. The van der Waals surface area contributed by atoms with Gasteiger partial charge in [-0.05, 0) is 41.8 Å². The second-order valence-electron chi connectivity index (χ2n) is 6.27. The lowest BCUT2D eigenvalue weighted by atomic mass is 10.1.